The van der Waals surface area contributed by atoms with Crippen LogP contribution in [-0.4, -0.2) is 23.6 Å². The average molecular weight is 157 g/mol. The molecule has 2 heterocycles. The summed E-state index contributed by atoms with van der Waals surface area (Å²) in [7, 11) is 0. The zero-order valence-corrected chi connectivity index (χ0v) is 7.29. The third kappa shape index (κ3) is 1.08. The van der Waals surface area contributed by atoms with E-state index in [1.807, 2.05) is 0 Å². The van der Waals surface area contributed by atoms with Crippen LogP contribution in [0.4, 0.5) is 0 Å². The lowest BCUT2D eigenvalue weighted by molar-refractivity contribution is 0.423. The van der Waals surface area contributed by atoms with Crippen molar-refractivity contribution in [1.82, 2.24) is 5.32 Å². The smallest absolute Gasteiger partial charge is 0.0114 e. The Balaban J connectivity index is 2.03. The molecule has 1 N–H and O–H groups in total. The summed E-state index contributed by atoms with van der Waals surface area (Å²) in [5, 5.41) is 4.49. The molecule has 2 rings (SSSR count). The van der Waals surface area contributed by atoms with Crippen molar-refractivity contribution < 1.29 is 0 Å². The fourth-order valence-electron chi connectivity index (χ4n) is 2.17. The van der Waals surface area contributed by atoms with Gasteiger partial charge in [-0.3, -0.25) is 0 Å². The monoisotopic (exact) mass is 157 g/mol. The first-order chi connectivity index (χ1) is 4.88. The number of rotatable bonds is 0. The minimum absolute atomic E-state index is 0.872. The summed E-state index contributed by atoms with van der Waals surface area (Å²) in [4.78, 5) is 0. The lowest BCUT2D eigenvalue weighted by Gasteiger charge is -2.30. The minimum atomic E-state index is 0.872. The predicted octanol–water partition coefficient (Wildman–Crippen LogP) is 1.49. The van der Waals surface area contributed by atoms with Gasteiger partial charge in [0.2, 0.25) is 0 Å². The molecular weight excluding hydrogens is 142 g/mol. The normalized spacial score (nSPS) is 47.1. The van der Waals surface area contributed by atoms with Gasteiger partial charge in [-0.05, 0) is 31.1 Å². The van der Waals surface area contributed by atoms with E-state index in [0.717, 1.165) is 17.2 Å². The Morgan fingerprint density at radius 1 is 1.40 bits per heavy atom. The highest BCUT2D eigenvalue weighted by atomic mass is 32.2. The maximum Gasteiger partial charge on any atom is 0.0114 e. The molecule has 0 saturated carbocycles. The second-order valence-corrected chi connectivity index (χ2v) is 4.86. The molecule has 2 aliphatic rings. The van der Waals surface area contributed by atoms with Gasteiger partial charge < -0.3 is 5.32 Å². The second-order valence-electron chi connectivity index (χ2n) is 3.38. The first-order valence-corrected chi connectivity index (χ1v) is 5.28. The van der Waals surface area contributed by atoms with Crippen molar-refractivity contribution in [2.24, 2.45) is 5.92 Å². The van der Waals surface area contributed by atoms with Gasteiger partial charge in [-0.25, -0.2) is 0 Å². The van der Waals surface area contributed by atoms with E-state index >= 15 is 0 Å². The van der Waals surface area contributed by atoms with Gasteiger partial charge in [-0.2, -0.15) is 11.8 Å². The van der Waals surface area contributed by atoms with Gasteiger partial charge in [-0.15, -0.1) is 0 Å². The van der Waals surface area contributed by atoms with Gasteiger partial charge in [-0.1, -0.05) is 6.92 Å². The molecule has 0 amide bonds. The first kappa shape index (κ1) is 6.99. The summed E-state index contributed by atoms with van der Waals surface area (Å²) in [6, 6.07) is 0.872. The Morgan fingerprint density at radius 3 is 3.10 bits per heavy atom. The SMILES string of the molecule is CC1SCCC2NCCC21. The Labute approximate surface area is 67.0 Å². The Bertz CT molecular complexity index is 126. The molecule has 10 heavy (non-hydrogen) atoms. The Kier molecular flexibility index (Phi) is 1.92. The topological polar surface area (TPSA) is 12.0 Å². The molecule has 0 spiro atoms. The molecule has 0 bridgehead atoms. The van der Waals surface area contributed by atoms with Crippen molar-refractivity contribution in [2.45, 2.75) is 31.1 Å². The number of fused-ring (bicyclic) bond motifs is 1. The highest BCUT2D eigenvalue weighted by Gasteiger charge is 2.34. The van der Waals surface area contributed by atoms with Crippen LogP contribution in [0.5, 0.6) is 0 Å². The van der Waals surface area contributed by atoms with Crippen LogP contribution in [0, 0.1) is 5.92 Å². The van der Waals surface area contributed by atoms with Gasteiger partial charge >= 0.3 is 0 Å². The van der Waals surface area contributed by atoms with Crippen molar-refractivity contribution in [3.8, 4) is 0 Å². The van der Waals surface area contributed by atoms with E-state index in [4.69, 9.17) is 0 Å². The zero-order chi connectivity index (χ0) is 6.97. The zero-order valence-electron chi connectivity index (χ0n) is 6.47. The lowest BCUT2D eigenvalue weighted by atomic mass is 9.95. The lowest BCUT2D eigenvalue weighted by Crippen LogP contribution is -2.35. The van der Waals surface area contributed by atoms with Gasteiger partial charge in [0.05, 0.1) is 0 Å². The van der Waals surface area contributed by atoms with Gasteiger partial charge in [0.15, 0.2) is 0 Å². The van der Waals surface area contributed by atoms with E-state index in [1.165, 1.54) is 25.1 Å². The third-order valence-electron chi connectivity index (χ3n) is 2.81. The average Bonchev–Trinajstić information content (AvgIpc) is 2.36. The molecule has 3 atom stereocenters. The quantitative estimate of drug-likeness (QED) is 0.572. The predicted molar refractivity (Wildman–Crippen MR) is 46.4 cm³/mol. The van der Waals surface area contributed by atoms with Crippen molar-refractivity contribution >= 4 is 11.8 Å². The molecule has 0 aromatic heterocycles. The van der Waals surface area contributed by atoms with Gasteiger partial charge in [0.1, 0.15) is 0 Å². The van der Waals surface area contributed by atoms with E-state index < -0.39 is 0 Å². The number of nitrogens with one attached hydrogen (secondary N) is 1. The molecule has 3 unspecified atom stereocenters. The largest absolute Gasteiger partial charge is 0.314 e. The van der Waals surface area contributed by atoms with E-state index in [9.17, 15) is 0 Å². The molecule has 2 fully saturated rings. The fraction of sp³-hybridized carbons (Fsp3) is 1.00. The summed E-state index contributed by atoms with van der Waals surface area (Å²) >= 11 is 2.15. The number of hydrogen-bond donors (Lipinski definition) is 1. The first-order valence-electron chi connectivity index (χ1n) is 4.23. The van der Waals surface area contributed by atoms with Crippen LogP contribution in [0.3, 0.4) is 0 Å². The highest BCUT2D eigenvalue weighted by molar-refractivity contribution is 7.99. The van der Waals surface area contributed by atoms with Crippen LogP contribution >= 0.6 is 11.8 Å². The Hall–Kier alpha value is 0.310. The molecule has 2 heteroatoms. The standard InChI is InChI=1S/C8H15NS/c1-6-7-2-4-9-8(7)3-5-10-6/h6-9H,2-5H2,1H3. The van der Waals surface area contributed by atoms with E-state index in [0.29, 0.717) is 0 Å². The van der Waals surface area contributed by atoms with Crippen LogP contribution in [0.25, 0.3) is 0 Å². The van der Waals surface area contributed by atoms with Crippen molar-refractivity contribution in [3.05, 3.63) is 0 Å². The van der Waals surface area contributed by atoms with Crippen LogP contribution in [0.15, 0.2) is 0 Å². The Morgan fingerprint density at radius 2 is 2.30 bits per heavy atom. The highest BCUT2D eigenvalue weighted by Crippen LogP contribution is 2.35. The van der Waals surface area contributed by atoms with E-state index in [1.54, 1.807) is 0 Å². The third-order valence-corrected chi connectivity index (χ3v) is 4.16. The molecule has 2 saturated heterocycles. The molecule has 0 aliphatic carbocycles. The number of hydrogen-bond acceptors (Lipinski definition) is 2. The molecule has 2 aliphatic heterocycles. The van der Waals surface area contributed by atoms with E-state index in [-0.39, 0.29) is 0 Å². The molecule has 58 valence electrons. The molecule has 0 radical (unpaired) electrons. The summed E-state index contributed by atoms with van der Waals surface area (Å²) < 4.78 is 0. The van der Waals surface area contributed by atoms with Crippen LogP contribution in [-0.2, 0) is 0 Å². The molecule has 1 nitrogen and oxygen atoms in total. The van der Waals surface area contributed by atoms with E-state index in [2.05, 4.69) is 24.0 Å². The summed E-state index contributed by atoms with van der Waals surface area (Å²) in [5.74, 6) is 2.36. The van der Waals surface area contributed by atoms with Crippen molar-refractivity contribution in [3.63, 3.8) is 0 Å². The molecule has 0 aromatic rings. The van der Waals surface area contributed by atoms with Crippen LogP contribution in [0.2, 0.25) is 0 Å². The van der Waals surface area contributed by atoms with Gasteiger partial charge in [0.25, 0.3) is 0 Å². The van der Waals surface area contributed by atoms with Gasteiger partial charge in [0, 0.05) is 11.3 Å². The van der Waals surface area contributed by atoms with Crippen molar-refractivity contribution in [1.29, 1.82) is 0 Å². The van der Waals surface area contributed by atoms with Crippen LogP contribution < -0.4 is 5.32 Å². The maximum atomic E-state index is 3.58. The summed E-state index contributed by atoms with van der Waals surface area (Å²) in [5.41, 5.74) is 0. The van der Waals surface area contributed by atoms with Crippen molar-refractivity contribution in [2.75, 3.05) is 12.3 Å². The second kappa shape index (κ2) is 2.74. The fourth-order valence-corrected chi connectivity index (χ4v) is 3.51. The summed E-state index contributed by atoms with van der Waals surface area (Å²) in [6.45, 7) is 3.65. The summed E-state index contributed by atoms with van der Waals surface area (Å²) in [6.07, 6.45) is 2.82. The molecule has 0 aromatic carbocycles. The molecular formula is C8H15NS. The number of thioether (sulfide) groups is 1. The van der Waals surface area contributed by atoms with Crippen LogP contribution in [0.1, 0.15) is 19.8 Å². The maximum absolute atomic E-state index is 3.58. The minimum Gasteiger partial charge on any atom is -0.314 e.